The molecule has 4 heteroatoms. The van der Waals surface area contributed by atoms with Crippen LogP contribution in [0.2, 0.25) is 0 Å². The number of hydrogen-bond acceptors (Lipinski definition) is 3. The van der Waals surface area contributed by atoms with E-state index in [2.05, 4.69) is 141 Å². The van der Waals surface area contributed by atoms with E-state index in [0.29, 0.717) is 6.42 Å². The average molecular weight is 981 g/mol. The molecule has 0 aromatic carbocycles. The van der Waals surface area contributed by atoms with Crippen molar-refractivity contribution in [3.05, 3.63) is 134 Å². The SMILES string of the molecule is CC/C=C\C/C=C\C/C=C\C/C=C\C/C=C\C/C=C\C/C=C\C/C=C\CCCCCCC(=O)NC(CO)C(O)/C=C/CC/C=C/CC/C=C/CCCCCCCCCCCCCCCCCCCCCC. The summed E-state index contributed by atoms with van der Waals surface area (Å²) in [5.74, 6) is -0.107. The highest BCUT2D eigenvalue weighted by Crippen LogP contribution is 2.16. The number of nitrogens with one attached hydrogen (secondary N) is 1. The molecular weight excluding hydrogens is 867 g/mol. The maximum absolute atomic E-state index is 12.5. The van der Waals surface area contributed by atoms with E-state index in [4.69, 9.17) is 0 Å². The molecule has 0 aliphatic rings. The van der Waals surface area contributed by atoms with Crippen molar-refractivity contribution in [2.45, 2.75) is 276 Å². The summed E-state index contributed by atoms with van der Waals surface area (Å²) in [5, 5.41) is 23.1. The van der Waals surface area contributed by atoms with Crippen molar-refractivity contribution in [3.8, 4) is 0 Å². The second kappa shape index (κ2) is 60.8. The topological polar surface area (TPSA) is 69.6 Å². The van der Waals surface area contributed by atoms with E-state index >= 15 is 0 Å². The first-order valence-corrected chi connectivity index (χ1v) is 29.9. The van der Waals surface area contributed by atoms with E-state index in [9.17, 15) is 15.0 Å². The molecular formula is C67H113NO3. The lowest BCUT2D eigenvalue weighted by Crippen LogP contribution is -2.45. The Kier molecular flexibility index (Phi) is 57.9. The van der Waals surface area contributed by atoms with Gasteiger partial charge in [0.2, 0.25) is 5.91 Å². The Balaban J connectivity index is 3.67. The van der Waals surface area contributed by atoms with Crippen molar-refractivity contribution in [2.24, 2.45) is 0 Å². The fourth-order valence-corrected chi connectivity index (χ4v) is 8.34. The Labute approximate surface area is 441 Å². The van der Waals surface area contributed by atoms with Gasteiger partial charge in [0.15, 0.2) is 0 Å². The van der Waals surface area contributed by atoms with Gasteiger partial charge < -0.3 is 15.5 Å². The van der Waals surface area contributed by atoms with Crippen LogP contribution in [-0.4, -0.2) is 34.9 Å². The second-order valence-corrected chi connectivity index (χ2v) is 19.7. The third kappa shape index (κ3) is 57.3. The van der Waals surface area contributed by atoms with Crippen molar-refractivity contribution >= 4 is 5.91 Å². The minimum Gasteiger partial charge on any atom is -0.394 e. The molecule has 404 valence electrons. The van der Waals surface area contributed by atoms with Gasteiger partial charge in [0.25, 0.3) is 0 Å². The van der Waals surface area contributed by atoms with Gasteiger partial charge in [-0.1, -0.05) is 282 Å². The minimum atomic E-state index is -0.893. The first kappa shape index (κ1) is 67.5. The van der Waals surface area contributed by atoms with Crippen LogP contribution in [-0.2, 0) is 4.79 Å². The van der Waals surface area contributed by atoms with Gasteiger partial charge in [-0.2, -0.15) is 0 Å². The highest BCUT2D eigenvalue weighted by atomic mass is 16.3. The molecule has 0 aliphatic heterocycles. The number of aliphatic hydroxyl groups is 2. The number of unbranched alkanes of at least 4 members (excludes halogenated alkanes) is 26. The molecule has 3 N–H and O–H groups in total. The summed E-state index contributed by atoms with van der Waals surface area (Å²) in [5.41, 5.74) is 0. The van der Waals surface area contributed by atoms with Gasteiger partial charge in [-0.25, -0.2) is 0 Å². The summed E-state index contributed by atoms with van der Waals surface area (Å²) in [6.07, 6.45) is 94.8. The maximum Gasteiger partial charge on any atom is 0.220 e. The van der Waals surface area contributed by atoms with Gasteiger partial charge in [-0.15, -0.1) is 0 Å². The number of carbonyl (C=O) groups excluding carboxylic acids is 1. The number of rotatable bonds is 53. The van der Waals surface area contributed by atoms with Gasteiger partial charge in [0, 0.05) is 6.42 Å². The van der Waals surface area contributed by atoms with Gasteiger partial charge in [-0.3, -0.25) is 4.79 Å². The molecule has 0 spiro atoms. The Morgan fingerprint density at radius 2 is 0.634 bits per heavy atom. The van der Waals surface area contributed by atoms with E-state index in [1.807, 2.05) is 6.08 Å². The molecule has 0 rings (SSSR count). The molecule has 0 heterocycles. The maximum atomic E-state index is 12.5. The fraction of sp³-hybridized carbons (Fsp3) is 0.657. The molecule has 2 atom stereocenters. The standard InChI is InChI=1S/C67H113NO3/c1-3-5-7-9-11-13-15-17-19-21-23-25-27-29-31-33-35-36-38-40-42-44-46-48-50-52-54-56-58-60-62-66(70)65(64-69)68-67(71)63-61-59-57-55-53-51-49-47-45-43-41-39-37-34-32-30-28-26-24-22-20-18-16-14-12-10-8-6-4-2/h6,8,12,14,18,20,24,26,30,32,37,39,43-46,49,51-52,54,60,62,65-66,69-70H,3-5,7,9-11,13,15-17,19,21-23,25,27-29,31,33-36,38,40-42,47-48,50,53,55-59,61,63-64H2,1-2H3,(H,68,71)/b8-6-,14-12-,20-18-,26-24-,32-30-,39-37-,45-43-,46-44+,51-49-,54-52+,62-60+. The minimum absolute atomic E-state index is 0.107. The normalized spacial score (nSPS) is 13.8. The van der Waals surface area contributed by atoms with Crippen LogP contribution in [0, 0.1) is 0 Å². The van der Waals surface area contributed by atoms with E-state index in [1.54, 1.807) is 6.08 Å². The molecule has 2 unspecified atom stereocenters. The molecule has 1 amide bonds. The lowest BCUT2D eigenvalue weighted by atomic mass is 10.0. The Hall–Kier alpha value is -3.47. The third-order valence-corrected chi connectivity index (χ3v) is 12.8. The molecule has 0 fully saturated rings. The van der Waals surface area contributed by atoms with Crippen molar-refractivity contribution < 1.29 is 15.0 Å². The zero-order valence-corrected chi connectivity index (χ0v) is 46.4. The quantitative estimate of drug-likeness (QED) is 0.0420. The lowest BCUT2D eigenvalue weighted by Gasteiger charge is -2.19. The third-order valence-electron chi connectivity index (χ3n) is 12.8. The molecule has 0 aliphatic carbocycles. The van der Waals surface area contributed by atoms with Crippen LogP contribution in [0.1, 0.15) is 264 Å². The Morgan fingerprint density at radius 3 is 0.986 bits per heavy atom. The predicted octanol–water partition coefficient (Wildman–Crippen LogP) is 20.2. The molecule has 0 bridgehead atoms. The van der Waals surface area contributed by atoms with E-state index in [1.165, 1.54) is 135 Å². The second-order valence-electron chi connectivity index (χ2n) is 19.7. The van der Waals surface area contributed by atoms with Crippen molar-refractivity contribution in [1.29, 1.82) is 0 Å². The van der Waals surface area contributed by atoms with E-state index in [0.717, 1.165) is 109 Å². The Morgan fingerprint density at radius 1 is 0.352 bits per heavy atom. The van der Waals surface area contributed by atoms with Crippen molar-refractivity contribution in [1.82, 2.24) is 5.32 Å². The smallest absolute Gasteiger partial charge is 0.220 e. The van der Waals surface area contributed by atoms with Crippen molar-refractivity contribution in [3.63, 3.8) is 0 Å². The summed E-state index contributed by atoms with van der Waals surface area (Å²) in [6.45, 7) is 4.18. The summed E-state index contributed by atoms with van der Waals surface area (Å²) in [6, 6.07) is -0.672. The molecule has 0 aromatic rings. The van der Waals surface area contributed by atoms with Crippen LogP contribution in [0.15, 0.2) is 134 Å². The van der Waals surface area contributed by atoms with Gasteiger partial charge in [0.05, 0.1) is 18.8 Å². The van der Waals surface area contributed by atoms with Crippen LogP contribution < -0.4 is 5.32 Å². The highest BCUT2D eigenvalue weighted by molar-refractivity contribution is 5.76. The number of carbonyl (C=O) groups is 1. The molecule has 71 heavy (non-hydrogen) atoms. The first-order valence-electron chi connectivity index (χ1n) is 29.9. The molecule has 0 radical (unpaired) electrons. The number of hydrogen-bond donors (Lipinski definition) is 3. The molecule has 0 saturated carbocycles. The zero-order chi connectivity index (χ0) is 51.3. The first-order chi connectivity index (χ1) is 35.2. The zero-order valence-electron chi connectivity index (χ0n) is 46.4. The lowest BCUT2D eigenvalue weighted by molar-refractivity contribution is -0.123. The summed E-state index contributed by atoms with van der Waals surface area (Å²) in [4.78, 5) is 12.5. The average Bonchev–Trinajstić information content (AvgIpc) is 3.37. The monoisotopic (exact) mass is 980 g/mol. The van der Waals surface area contributed by atoms with Gasteiger partial charge in [-0.05, 0) is 109 Å². The van der Waals surface area contributed by atoms with Crippen LogP contribution in [0.3, 0.4) is 0 Å². The van der Waals surface area contributed by atoms with E-state index < -0.39 is 12.1 Å². The fourth-order valence-electron chi connectivity index (χ4n) is 8.34. The number of amides is 1. The van der Waals surface area contributed by atoms with Crippen LogP contribution >= 0.6 is 0 Å². The van der Waals surface area contributed by atoms with Crippen LogP contribution in [0.4, 0.5) is 0 Å². The number of aliphatic hydroxyl groups excluding tert-OH is 2. The van der Waals surface area contributed by atoms with E-state index in [-0.39, 0.29) is 12.5 Å². The molecule has 4 nitrogen and oxygen atoms in total. The molecule has 0 saturated heterocycles. The van der Waals surface area contributed by atoms with Crippen LogP contribution in [0.25, 0.3) is 0 Å². The van der Waals surface area contributed by atoms with Gasteiger partial charge in [0.1, 0.15) is 0 Å². The summed E-state index contributed by atoms with van der Waals surface area (Å²) < 4.78 is 0. The predicted molar refractivity (Wildman–Crippen MR) is 317 cm³/mol. The largest absolute Gasteiger partial charge is 0.394 e. The summed E-state index contributed by atoms with van der Waals surface area (Å²) in [7, 11) is 0. The Bertz CT molecular complexity index is 1440. The van der Waals surface area contributed by atoms with Crippen molar-refractivity contribution in [2.75, 3.05) is 6.61 Å². The molecule has 0 aromatic heterocycles. The van der Waals surface area contributed by atoms with Crippen LogP contribution in [0.5, 0.6) is 0 Å². The van der Waals surface area contributed by atoms with Gasteiger partial charge >= 0.3 is 0 Å². The summed E-state index contributed by atoms with van der Waals surface area (Å²) >= 11 is 0. The highest BCUT2D eigenvalue weighted by Gasteiger charge is 2.17. The number of allylic oxidation sites excluding steroid dienone is 21.